The second-order valence-corrected chi connectivity index (χ2v) is 5.66. The Morgan fingerprint density at radius 1 is 1.50 bits per heavy atom. The van der Waals surface area contributed by atoms with E-state index in [-0.39, 0.29) is 24.4 Å². The average Bonchev–Trinajstić information content (AvgIpc) is 2.91. The molecule has 0 radical (unpaired) electrons. The van der Waals surface area contributed by atoms with Crippen molar-refractivity contribution in [3.8, 4) is 0 Å². The Labute approximate surface area is 120 Å². The number of pyridine rings is 1. The zero-order valence-corrected chi connectivity index (χ0v) is 12.3. The van der Waals surface area contributed by atoms with Crippen LogP contribution < -0.4 is 10.6 Å². The van der Waals surface area contributed by atoms with Crippen molar-refractivity contribution in [3.63, 3.8) is 0 Å². The summed E-state index contributed by atoms with van der Waals surface area (Å²) >= 11 is 3.31. The summed E-state index contributed by atoms with van der Waals surface area (Å²) in [4.78, 5) is 16.3. The van der Waals surface area contributed by atoms with Crippen LogP contribution in [0.1, 0.15) is 18.4 Å². The van der Waals surface area contributed by atoms with Crippen LogP contribution in [0.2, 0.25) is 0 Å². The molecule has 0 unspecified atom stereocenters. The summed E-state index contributed by atoms with van der Waals surface area (Å²) in [5.74, 6) is 1.40. The van der Waals surface area contributed by atoms with Gasteiger partial charge in [0.1, 0.15) is 10.4 Å². The smallest absolute Gasteiger partial charge is 0.242 e. The van der Waals surface area contributed by atoms with Crippen LogP contribution in [0.15, 0.2) is 16.7 Å². The van der Waals surface area contributed by atoms with E-state index >= 15 is 0 Å². The molecule has 1 saturated carbocycles. The van der Waals surface area contributed by atoms with Crippen molar-refractivity contribution in [2.45, 2.75) is 31.8 Å². The maximum absolute atomic E-state index is 12.0. The predicted molar refractivity (Wildman–Crippen MR) is 76.0 cm³/mol. The van der Waals surface area contributed by atoms with Gasteiger partial charge in [-0.3, -0.25) is 4.79 Å². The molecule has 1 aromatic rings. The van der Waals surface area contributed by atoms with E-state index in [1.807, 2.05) is 19.1 Å². The lowest BCUT2D eigenvalue weighted by atomic mass is 10.1. The van der Waals surface area contributed by atoms with Gasteiger partial charge in [0.05, 0.1) is 6.04 Å². The molecule has 4 nitrogen and oxygen atoms in total. The number of aryl methyl sites for hydroxylation is 1. The number of rotatable bonds is 2. The Hall–Kier alpha value is -0.650. The molecule has 2 N–H and O–H groups in total. The number of fused-ring (bicyclic) bond motifs is 1. The predicted octanol–water partition coefficient (Wildman–Crippen LogP) is 2.26. The third-order valence-electron chi connectivity index (χ3n) is 3.50. The summed E-state index contributed by atoms with van der Waals surface area (Å²) in [5.41, 5.74) is 0.977. The van der Waals surface area contributed by atoms with E-state index in [9.17, 15) is 4.79 Å². The van der Waals surface area contributed by atoms with Gasteiger partial charge in [0.2, 0.25) is 5.91 Å². The van der Waals surface area contributed by atoms with Crippen LogP contribution in [-0.4, -0.2) is 23.0 Å². The molecule has 0 aromatic carbocycles. The van der Waals surface area contributed by atoms with Gasteiger partial charge in [0.15, 0.2) is 0 Å². The van der Waals surface area contributed by atoms with Gasteiger partial charge in [-0.15, -0.1) is 12.4 Å². The zero-order chi connectivity index (χ0) is 12.0. The van der Waals surface area contributed by atoms with Gasteiger partial charge < -0.3 is 10.6 Å². The third-order valence-corrected chi connectivity index (χ3v) is 3.94. The second-order valence-electron chi connectivity index (χ2n) is 4.85. The average molecular weight is 333 g/mol. The van der Waals surface area contributed by atoms with Crippen molar-refractivity contribution in [2.24, 2.45) is 5.92 Å². The number of nitrogens with one attached hydrogen (secondary N) is 2. The van der Waals surface area contributed by atoms with Crippen LogP contribution in [0.4, 0.5) is 5.82 Å². The fourth-order valence-corrected chi connectivity index (χ4v) is 2.67. The second kappa shape index (κ2) is 5.15. The molecule has 1 saturated heterocycles. The lowest BCUT2D eigenvalue weighted by Gasteiger charge is -2.14. The van der Waals surface area contributed by atoms with Crippen LogP contribution in [0, 0.1) is 12.8 Å². The summed E-state index contributed by atoms with van der Waals surface area (Å²) in [5, 5.41) is 6.22. The van der Waals surface area contributed by atoms with Crippen molar-refractivity contribution < 1.29 is 4.79 Å². The molecule has 3 rings (SSSR count). The fourth-order valence-electron chi connectivity index (χ4n) is 2.36. The summed E-state index contributed by atoms with van der Waals surface area (Å²) in [6.07, 6.45) is 2.20. The van der Waals surface area contributed by atoms with E-state index in [1.165, 1.54) is 6.42 Å². The summed E-state index contributed by atoms with van der Waals surface area (Å²) in [6, 6.07) is 4.35. The molecule has 2 heterocycles. The number of anilines is 1. The van der Waals surface area contributed by atoms with Crippen LogP contribution in [0.5, 0.6) is 0 Å². The van der Waals surface area contributed by atoms with Crippen molar-refractivity contribution >= 4 is 40.1 Å². The number of carbonyl (C=O) groups excluding carboxylic acids is 1. The van der Waals surface area contributed by atoms with Gasteiger partial charge in [-0.05, 0) is 53.2 Å². The Kier molecular flexibility index (Phi) is 3.94. The van der Waals surface area contributed by atoms with E-state index in [0.717, 1.165) is 22.5 Å². The largest absolute Gasteiger partial charge is 0.309 e. The summed E-state index contributed by atoms with van der Waals surface area (Å²) in [7, 11) is 0. The van der Waals surface area contributed by atoms with Gasteiger partial charge in [0.25, 0.3) is 0 Å². The molecule has 3 atom stereocenters. The lowest BCUT2D eigenvalue weighted by Crippen LogP contribution is -2.38. The van der Waals surface area contributed by atoms with Gasteiger partial charge in [-0.25, -0.2) is 4.98 Å². The first-order chi connectivity index (χ1) is 8.13. The Balaban J connectivity index is 0.00000120. The molecule has 0 bridgehead atoms. The van der Waals surface area contributed by atoms with Crippen molar-refractivity contribution in [3.05, 3.63) is 22.3 Å². The normalized spacial score (nSPS) is 28.2. The SMILES string of the molecule is Cc1ccc(Br)nc1NC(=O)[C@@H]1C[C@@H]2C[C@@H]2N1.Cl. The maximum atomic E-state index is 12.0. The first-order valence-electron chi connectivity index (χ1n) is 5.83. The van der Waals surface area contributed by atoms with Crippen molar-refractivity contribution in [1.82, 2.24) is 10.3 Å². The highest BCUT2D eigenvalue weighted by molar-refractivity contribution is 9.10. The van der Waals surface area contributed by atoms with Gasteiger partial charge >= 0.3 is 0 Å². The van der Waals surface area contributed by atoms with Gasteiger partial charge in [-0.2, -0.15) is 0 Å². The number of piperidine rings is 1. The molecule has 1 aliphatic heterocycles. The van der Waals surface area contributed by atoms with Crippen molar-refractivity contribution in [2.75, 3.05) is 5.32 Å². The number of carbonyl (C=O) groups is 1. The quantitative estimate of drug-likeness (QED) is 0.817. The fraction of sp³-hybridized carbons (Fsp3) is 0.500. The number of nitrogens with zero attached hydrogens (tertiary/aromatic N) is 1. The molecular formula is C12H15BrClN3O. The number of halogens is 2. The highest BCUT2D eigenvalue weighted by Crippen LogP contribution is 2.40. The highest BCUT2D eigenvalue weighted by Gasteiger charge is 2.47. The van der Waals surface area contributed by atoms with Gasteiger partial charge in [-0.1, -0.05) is 6.07 Å². The van der Waals surface area contributed by atoms with Crippen LogP contribution in [0.3, 0.4) is 0 Å². The van der Waals surface area contributed by atoms with Gasteiger partial charge in [0, 0.05) is 6.04 Å². The number of hydrogen-bond acceptors (Lipinski definition) is 3. The van der Waals surface area contributed by atoms with Crippen LogP contribution >= 0.6 is 28.3 Å². The van der Waals surface area contributed by atoms with Crippen molar-refractivity contribution in [1.29, 1.82) is 0 Å². The molecule has 18 heavy (non-hydrogen) atoms. The standard InChI is InChI=1S/C12H14BrN3O.ClH/c1-6-2-3-10(13)15-11(6)16-12(17)9-5-7-4-8(7)14-9;/h2-3,7-9,14H,4-5H2,1H3,(H,15,16,17);1H/t7-,8-,9-;/m0./s1. The molecule has 1 aliphatic carbocycles. The van der Waals surface area contributed by atoms with E-state index < -0.39 is 0 Å². The number of aromatic nitrogens is 1. The molecule has 1 aromatic heterocycles. The first kappa shape index (κ1) is 13.8. The topological polar surface area (TPSA) is 54.0 Å². The number of hydrogen-bond donors (Lipinski definition) is 2. The minimum absolute atomic E-state index is 0. The molecular weight excluding hydrogens is 318 g/mol. The summed E-state index contributed by atoms with van der Waals surface area (Å²) < 4.78 is 0.737. The van der Waals surface area contributed by atoms with E-state index in [2.05, 4.69) is 31.5 Å². The Morgan fingerprint density at radius 2 is 2.28 bits per heavy atom. The van der Waals surface area contributed by atoms with E-state index in [0.29, 0.717) is 11.9 Å². The van der Waals surface area contributed by atoms with Crippen LogP contribution in [0.25, 0.3) is 0 Å². The minimum Gasteiger partial charge on any atom is -0.309 e. The third kappa shape index (κ3) is 2.68. The van der Waals surface area contributed by atoms with E-state index in [1.54, 1.807) is 0 Å². The Morgan fingerprint density at radius 3 is 2.94 bits per heavy atom. The molecule has 6 heteroatoms. The highest BCUT2D eigenvalue weighted by atomic mass is 79.9. The molecule has 0 spiro atoms. The number of amides is 1. The Bertz CT molecular complexity index is 472. The minimum atomic E-state index is -0.0427. The van der Waals surface area contributed by atoms with Crippen LogP contribution in [-0.2, 0) is 4.79 Å². The lowest BCUT2D eigenvalue weighted by molar-refractivity contribution is -0.118. The monoisotopic (exact) mass is 331 g/mol. The summed E-state index contributed by atoms with van der Waals surface area (Å²) in [6.45, 7) is 1.94. The molecule has 2 aliphatic rings. The first-order valence-corrected chi connectivity index (χ1v) is 6.63. The maximum Gasteiger partial charge on any atom is 0.242 e. The molecule has 1 amide bonds. The zero-order valence-electron chi connectivity index (χ0n) is 9.94. The molecule has 98 valence electrons. The van der Waals surface area contributed by atoms with E-state index in [4.69, 9.17) is 0 Å². The molecule has 2 fully saturated rings.